The maximum atomic E-state index is 4.79. The van der Waals surface area contributed by atoms with Gasteiger partial charge in [0.25, 0.3) is 0 Å². The fourth-order valence-corrected chi connectivity index (χ4v) is 3.40. The minimum absolute atomic E-state index is 0.631. The summed E-state index contributed by atoms with van der Waals surface area (Å²) in [5, 5.41) is 15.2. The van der Waals surface area contributed by atoms with E-state index >= 15 is 0 Å². The molecule has 0 saturated heterocycles. The average molecular weight is 379 g/mol. The van der Waals surface area contributed by atoms with Crippen molar-refractivity contribution in [3.8, 4) is 34.0 Å². The number of rotatable bonds is 3. The smallest absolute Gasteiger partial charge is 0.160 e. The molecule has 0 aliphatic carbocycles. The third kappa shape index (κ3) is 2.48. The highest BCUT2D eigenvalue weighted by atomic mass is 15.1. The van der Waals surface area contributed by atoms with Gasteiger partial charge >= 0.3 is 0 Å². The van der Waals surface area contributed by atoms with Gasteiger partial charge in [-0.05, 0) is 24.3 Å². The molecule has 0 radical (unpaired) electrons. The summed E-state index contributed by atoms with van der Waals surface area (Å²) in [7, 11) is 0. The third-order valence-corrected chi connectivity index (χ3v) is 4.79. The molecule has 0 bridgehead atoms. The molecule has 9 heteroatoms. The lowest BCUT2D eigenvalue weighted by atomic mass is 10.1. The Labute approximate surface area is 163 Å². The van der Waals surface area contributed by atoms with E-state index in [0.29, 0.717) is 17.2 Å². The zero-order chi connectivity index (χ0) is 19.2. The van der Waals surface area contributed by atoms with Gasteiger partial charge in [0, 0.05) is 35.1 Å². The first-order valence-electron chi connectivity index (χ1n) is 8.96. The predicted octanol–water partition coefficient (Wildman–Crippen LogP) is 3.35. The van der Waals surface area contributed by atoms with E-state index in [2.05, 4.69) is 40.3 Å². The highest BCUT2D eigenvalue weighted by molar-refractivity contribution is 5.96. The first-order valence-corrected chi connectivity index (χ1v) is 8.96. The number of nitrogens with zero attached hydrogens (tertiary/aromatic N) is 6. The summed E-state index contributed by atoms with van der Waals surface area (Å²) in [6, 6.07) is 9.68. The van der Waals surface area contributed by atoms with Crippen LogP contribution in [0.15, 0.2) is 61.3 Å². The predicted molar refractivity (Wildman–Crippen MR) is 108 cm³/mol. The van der Waals surface area contributed by atoms with Crippen molar-refractivity contribution >= 4 is 22.1 Å². The fourth-order valence-electron chi connectivity index (χ4n) is 3.40. The van der Waals surface area contributed by atoms with Crippen molar-refractivity contribution in [2.75, 3.05) is 0 Å². The molecule has 6 aromatic rings. The van der Waals surface area contributed by atoms with Crippen LogP contribution in [0, 0.1) is 0 Å². The molecule has 0 fully saturated rings. The van der Waals surface area contributed by atoms with Crippen LogP contribution in [0.25, 0.3) is 56.1 Å². The Morgan fingerprint density at radius 3 is 2.76 bits per heavy atom. The molecule has 0 saturated carbocycles. The maximum absolute atomic E-state index is 4.79. The lowest BCUT2D eigenvalue weighted by Crippen LogP contribution is -1.85. The van der Waals surface area contributed by atoms with E-state index in [-0.39, 0.29) is 0 Å². The van der Waals surface area contributed by atoms with Gasteiger partial charge in [0.05, 0.1) is 29.3 Å². The SMILES string of the molecule is c1ccc(-c2ccnc3[nH]c(-c4n[nH]c5cnc(-c6cn[nH]c6)cc45)nc23)nc1. The zero-order valence-corrected chi connectivity index (χ0v) is 15.0. The molecule has 0 aliphatic rings. The Hall–Kier alpha value is -4.40. The van der Waals surface area contributed by atoms with Crippen LogP contribution in [0.4, 0.5) is 0 Å². The molecular weight excluding hydrogens is 366 g/mol. The number of aromatic nitrogens is 9. The number of hydrogen-bond donors (Lipinski definition) is 3. The summed E-state index contributed by atoms with van der Waals surface area (Å²) in [6.45, 7) is 0. The van der Waals surface area contributed by atoms with Crippen LogP contribution in [0.2, 0.25) is 0 Å². The van der Waals surface area contributed by atoms with Gasteiger partial charge in [-0.2, -0.15) is 10.2 Å². The number of pyridine rings is 3. The summed E-state index contributed by atoms with van der Waals surface area (Å²) < 4.78 is 0. The quantitative estimate of drug-likeness (QED) is 0.433. The minimum atomic E-state index is 0.631. The van der Waals surface area contributed by atoms with E-state index in [1.54, 1.807) is 31.0 Å². The molecule has 0 aliphatic heterocycles. The van der Waals surface area contributed by atoms with Crippen LogP contribution in [-0.4, -0.2) is 45.3 Å². The number of hydrogen-bond acceptors (Lipinski definition) is 6. The van der Waals surface area contributed by atoms with Crippen molar-refractivity contribution in [3.05, 3.63) is 61.3 Å². The summed E-state index contributed by atoms with van der Waals surface area (Å²) in [5.74, 6) is 0.631. The Kier molecular flexibility index (Phi) is 3.27. The normalized spacial score (nSPS) is 11.4. The van der Waals surface area contributed by atoms with Gasteiger partial charge in [0.1, 0.15) is 11.2 Å². The molecule has 0 amide bonds. The van der Waals surface area contributed by atoms with Gasteiger partial charge < -0.3 is 4.98 Å². The van der Waals surface area contributed by atoms with Gasteiger partial charge in [-0.25, -0.2) is 9.97 Å². The summed E-state index contributed by atoms with van der Waals surface area (Å²) in [4.78, 5) is 21.4. The van der Waals surface area contributed by atoms with Crippen LogP contribution in [-0.2, 0) is 0 Å². The molecule has 6 aromatic heterocycles. The number of fused-ring (bicyclic) bond motifs is 2. The number of H-pyrrole nitrogens is 3. The van der Waals surface area contributed by atoms with Gasteiger partial charge in [-0.15, -0.1) is 0 Å². The van der Waals surface area contributed by atoms with Crippen molar-refractivity contribution in [2.24, 2.45) is 0 Å². The lowest BCUT2D eigenvalue weighted by molar-refractivity contribution is 1.09. The van der Waals surface area contributed by atoms with Gasteiger partial charge in [0.2, 0.25) is 0 Å². The fraction of sp³-hybridized carbons (Fsp3) is 0. The third-order valence-electron chi connectivity index (χ3n) is 4.79. The molecule has 9 nitrogen and oxygen atoms in total. The zero-order valence-electron chi connectivity index (χ0n) is 15.0. The van der Waals surface area contributed by atoms with Gasteiger partial charge in [0.15, 0.2) is 11.5 Å². The van der Waals surface area contributed by atoms with E-state index < -0.39 is 0 Å². The molecule has 6 heterocycles. The van der Waals surface area contributed by atoms with Gasteiger partial charge in [-0.1, -0.05) is 6.07 Å². The first kappa shape index (κ1) is 15.6. The van der Waals surface area contributed by atoms with Gasteiger partial charge in [-0.3, -0.25) is 20.2 Å². The van der Waals surface area contributed by atoms with E-state index in [1.165, 1.54) is 0 Å². The highest BCUT2D eigenvalue weighted by Gasteiger charge is 2.17. The molecule has 3 N–H and O–H groups in total. The Balaban J connectivity index is 1.54. The van der Waals surface area contributed by atoms with Crippen molar-refractivity contribution in [3.63, 3.8) is 0 Å². The summed E-state index contributed by atoms with van der Waals surface area (Å²) in [6.07, 6.45) is 8.81. The van der Waals surface area contributed by atoms with Crippen molar-refractivity contribution < 1.29 is 0 Å². The van der Waals surface area contributed by atoms with Crippen molar-refractivity contribution in [1.29, 1.82) is 0 Å². The Morgan fingerprint density at radius 2 is 1.90 bits per heavy atom. The first-order chi connectivity index (χ1) is 14.4. The van der Waals surface area contributed by atoms with Crippen LogP contribution in [0.5, 0.6) is 0 Å². The topological polar surface area (TPSA) is 125 Å². The monoisotopic (exact) mass is 379 g/mol. The molecule has 6 rings (SSSR count). The van der Waals surface area contributed by atoms with Crippen LogP contribution < -0.4 is 0 Å². The maximum Gasteiger partial charge on any atom is 0.160 e. The van der Waals surface area contributed by atoms with E-state index in [4.69, 9.17) is 4.98 Å². The molecule has 29 heavy (non-hydrogen) atoms. The van der Waals surface area contributed by atoms with Crippen molar-refractivity contribution in [1.82, 2.24) is 45.3 Å². The Morgan fingerprint density at radius 1 is 0.897 bits per heavy atom. The van der Waals surface area contributed by atoms with E-state index in [0.717, 1.165) is 38.9 Å². The average Bonchev–Trinajstić information content (AvgIpc) is 3.52. The number of nitrogens with one attached hydrogen (secondary N) is 3. The lowest BCUT2D eigenvalue weighted by Gasteiger charge is -1.99. The van der Waals surface area contributed by atoms with Crippen LogP contribution in [0.1, 0.15) is 0 Å². The number of imidazole rings is 1. The summed E-state index contributed by atoms with van der Waals surface area (Å²) in [5.41, 5.74) is 6.43. The molecular formula is C20H13N9. The van der Waals surface area contributed by atoms with E-state index in [1.807, 2.05) is 30.3 Å². The second kappa shape index (κ2) is 6.06. The second-order valence-corrected chi connectivity index (χ2v) is 6.53. The largest absolute Gasteiger partial charge is 0.321 e. The highest BCUT2D eigenvalue weighted by Crippen LogP contribution is 2.30. The van der Waals surface area contributed by atoms with Crippen molar-refractivity contribution in [2.45, 2.75) is 0 Å². The summed E-state index contributed by atoms with van der Waals surface area (Å²) >= 11 is 0. The molecule has 138 valence electrons. The molecule has 0 aromatic carbocycles. The molecule has 0 spiro atoms. The molecule has 0 unspecified atom stereocenters. The molecule has 0 atom stereocenters. The Bertz CT molecular complexity index is 1450. The van der Waals surface area contributed by atoms with Crippen LogP contribution >= 0.6 is 0 Å². The number of aromatic amines is 3. The van der Waals surface area contributed by atoms with E-state index in [9.17, 15) is 0 Å². The minimum Gasteiger partial charge on any atom is -0.321 e. The second-order valence-electron chi connectivity index (χ2n) is 6.53. The van der Waals surface area contributed by atoms with Crippen LogP contribution in [0.3, 0.4) is 0 Å². The standard InChI is InChI=1S/C20H13N9/c1-2-5-21-14(3-1)12-4-6-22-19-17(12)26-20(27-19)18-13-7-15(11-8-24-25-9-11)23-10-16(13)28-29-18/h1-10H,(H,24,25)(H,28,29)(H,22,26,27).